The predicted molar refractivity (Wildman–Crippen MR) is 79.5 cm³/mol. The van der Waals surface area contributed by atoms with E-state index in [9.17, 15) is 5.26 Å². The van der Waals surface area contributed by atoms with Crippen LogP contribution in [0.25, 0.3) is 11.3 Å². The number of rotatable bonds is 2. The molecule has 0 spiro atoms. The molecular weight excluding hydrogens is 279 g/mol. The zero-order valence-electron chi connectivity index (χ0n) is 9.90. The fourth-order valence-electron chi connectivity index (χ4n) is 1.74. The van der Waals surface area contributed by atoms with Gasteiger partial charge in [-0.3, -0.25) is 0 Å². The SMILES string of the molecule is N#C/C(=C(/N)c1cc(Cl)cc(Cl)c1)c1ccccc1. The topological polar surface area (TPSA) is 49.8 Å². The van der Waals surface area contributed by atoms with Crippen LogP contribution in [0.2, 0.25) is 10.0 Å². The minimum Gasteiger partial charge on any atom is -0.397 e. The van der Waals surface area contributed by atoms with Crippen molar-refractivity contribution in [3.8, 4) is 6.07 Å². The zero-order chi connectivity index (χ0) is 13.8. The molecule has 19 heavy (non-hydrogen) atoms. The van der Waals surface area contributed by atoms with Gasteiger partial charge in [-0.25, -0.2) is 0 Å². The Kier molecular flexibility index (Phi) is 4.11. The van der Waals surface area contributed by atoms with Crippen molar-refractivity contribution < 1.29 is 0 Å². The largest absolute Gasteiger partial charge is 0.397 e. The molecule has 0 amide bonds. The fourth-order valence-corrected chi connectivity index (χ4v) is 2.26. The summed E-state index contributed by atoms with van der Waals surface area (Å²) >= 11 is 11.9. The van der Waals surface area contributed by atoms with Crippen LogP contribution in [0.5, 0.6) is 0 Å². The van der Waals surface area contributed by atoms with Gasteiger partial charge in [0.05, 0.1) is 11.3 Å². The van der Waals surface area contributed by atoms with E-state index in [4.69, 9.17) is 28.9 Å². The lowest BCUT2D eigenvalue weighted by molar-refractivity contribution is 1.48. The second-order valence-electron chi connectivity index (χ2n) is 3.92. The number of halogens is 2. The van der Waals surface area contributed by atoms with Gasteiger partial charge in [0.2, 0.25) is 0 Å². The Morgan fingerprint density at radius 2 is 1.53 bits per heavy atom. The quantitative estimate of drug-likeness (QED) is 0.660. The second-order valence-corrected chi connectivity index (χ2v) is 4.80. The summed E-state index contributed by atoms with van der Waals surface area (Å²) < 4.78 is 0. The molecule has 0 aliphatic rings. The summed E-state index contributed by atoms with van der Waals surface area (Å²) in [5, 5.41) is 10.3. The second kappa shape index (κ2) is 5.79. The smallest absolute Gasteiger partial charge is 0.102 e. The lowest BCUT2D eigenvalue weighted by atomic mass is 10.0. The van der Waals surface area contributed by atoms with Crippen LogP contribution in [-0.2, 0) is 0 Å². The van der Waals surface area contributed by atoms with E-state index in [0.29, 0.717) is 26.9 Å². The van der Waals surface area contributed by atoms with E-state index in [0.717, 1.165) is 5.56 Å². The average molecular weight is 289 g/mol. The van der Waals surface area contributed by atoms with Gasteiger partial charge in [-0.05, 0) is 23.8 Å². The molecule has 94 valence electrons. The van der Waals surface area contributed by atoms with Crippen LogP contribution >= 0.6 is 23.2 Å². The Balaban J connectivity index is 2.59. The van der Waals surface area contributed by atoms with Crippen LogP contribution in [-0.4, -0.2) is 0 Å². The minimum atomic E-state index is 0.359. The van der Waals surface area contributed by atoms with Crippen molar-refractivity contribution in [2.45, 2.75) is 0 Å². The third kappa shape index (κ3) is 3.08. The molecule has 0 aromatic heterocycles. The molecule has 0 saturated carbocycles. The highest BCUT2D eigenvalue weighted by atomic mass is 35.5. The number of nitrogens with two attached hydrogens (primary N) is 1. The third-order valence-corrected chi connectivity index (χ3v) is 3.05. The Morgan fingerprint density at radius 3 is 2.05 bits per heavy atom. The first-order chi connectivity index (χ1) is 9.11. The van der Waals surface area contributed by atoms with Crippen LogP contribution < -0.4 is 5.73 Å². The maximum atomic E-state index is 9.30. The summed E-state index contributed by atoms with van der Waals surface area (Å²) in [7, 11) is 0. The van der Waals surface area contributed by atoms with Crippen molar-refractivity contribution in [3.05, 3.63) is 69.7 Å². The highest BCUT2D eigenvalue weighted by Crippen LogP contribution is 2.26. The average Bonchev–Trinajstić information content (AvgIpc) is 2.39. The number of benzene rings is 2. The molecule has 0 aliphatic carbocycles. The van der Waals surface area contributed by atoms with Crippen LogP contribution in [0.4, 0.5) is 0 Å². The molecular formula is C15H10Cl2N2. The molecule has 0 saturated heterocycles. The first kappa shape index (κ1) is 13.5. The van der Waals surface area contributed by atoms with E-state index < -0.39 is 0 Å². The van der Waals surface area contributed by atoms with Crippen LogP contribution in [0, 0.1) is 11.3 Å². The zero-order valence-corrected chi connectivity index (χ0v) is 11.4. The first-order valence-corrected chi connectivity index (χ1v) is 6.29. The highest BCUT2D eigenvalue weighted by molar-refractivity contribution is 6.35. The van der Waals surface area contributed by atoms with Crippen LogP contribution in [0.3, 0.4) is 0 Å². The highest BCUT2D eigenvalue weighted by Gasteiger charge is 2.09. The van der Waals surface area contributed by atoms with Gasteiger partial charge in [0, 0.05) is 15.6 Å². The van der Waals surface area contributed by atoms with Gasteiger partial charge in [-0.2, -0.15) is 5.26 Å². The normalized spacial score (nSPS) is 11.6. The summed E-state index contributed by atoms with van der Waals surface area (Å²) in [4.78, 5) is 0. The molecule has 2 aromatic rings. The molecule has 2 nitrogen and oxygen atoms in total. The van der Waals surface area contributed by atoms with Crippen molar-refractivity contribution in [3.63, 3.8) is 0 Å². The molecule has 4 heteroatoms. The third-order valence-electron chi connectivity index (χ3n) is 2.62. The number of nitrogens with zero attached hydrogens (tertiary/aromatic N) is 1. The Hall–Kier alpha value is -1.95. The monoisotopic (exact) mass is 288 g/mol. The maximum absolute atomic E-state index is 9.30. The van der Waals surface area contributed by atoms with Crippen molar-refractivity contribution in [2.24, 2.45) is 5.73 Å². The van der Waals surface area contributed by atoms with Gasteiger partial charge in [-0.15, -0.1) is 0 Å². The van der Waals surface area contributed by atoms with Gasteiger partial charge in [0.1, 0.15) is 6.07 Å². The summed E-state index contributed by atoms with van der Waals surface area (Å²) in [6.07, 6.45) is 0. The first-order valence-electron chi connectivity index (χ1n) is 5.53. The van der Waals surface area contributed by atoms with Gasteiger partial charge >= 0.3 is 0 Å². The molecule has 2 rings (SSSR count). The molecule has 0 aliphatic heterocycles. The van der Waals surface area contributed by atoms with Crippen molar-refractivity contribution >= 4 is 34.5 Å². The molecule has 2 aromatic carbocycles. The van der Waals surface area contributed by atoms with E-state index in [2.05, 4.69) is 6.07 Å². The Bertz CT molecular complexity index is 650. The van der Waals surface area contributed by atoms with Crippen LogP contribution in [0.1, 0.15) is 11.1 Å². The van der Waals surface area contributed by atoms with E-state index in [1.807, 2.05) is 30.3 Å². The molecule has 0 bridgehead atoms. The fraction of sp³-hybridized carbons (Fsp3) is 0. The number of hydrogen-bond acceptors (Lipinski definition) is 2. The lowest BCUT2D eigenvalue weighted by Crippen LogP contribution is -2.00. The van der Waals surface area contributed by atoms with Crippen molar-refractivity contribution in [1.29, 1.82) is 5.26 Å². The van der Waals surface area contributed by atoms with Gasteiger partial charge in [0.15, 0.2) is 0 Å². The molecule has 0 radical (unpaired) electrons. The summed E-state index contributed by atoms with van der Waals surface area (Å²) in [6.45, 7) is 0. The van der Waals surface area contributed by atoms with Gasteiger partial charge in [0.25, 0.3) is 0 Å². The molecule has 0 unspecified atom stereocenters. The molecule has 2 N–H and O–H groups in total. The van der Waals surface area contributed by atoms with E-state index in [1.54, 1.807) is 18.2 Å². The van der Waals surface area contributed by atoms with E-state index in [-0.39, 0.29) is 0 Å². The van der Waals surface area contributed by atoms with E-state index in [1.165, 1.54) is 0 Å². The van der Waals surface area contributed by atoms with Crippen LogP contribution in [0.15, 0.2) is 48.5 Å². The summed E-state index contributed by atoms with van der Waals surface area (Å²) in [5.74, 6) is 0. The number of allylic oxidation sites excluding steroid dienone is 1. The van der Waals surface area contributed by atoms with Gasteiger partial charge in [-0.1, -0.05) is 53.5 Å². The van der Waals surface area contributed by atoms with E-state index >= 15 is 0 Å². The Morgan fingerprint density at radius 1 is 0.947 bits per heavy atom. The summed E-state index contributed by atoms with van der Waals surface area (Å²) in [5.41, 5.74) is 8.22. The molecule has 0 heterocycles. The minimum absolute atomic E-state index is 0.359. The van der Waals surface area contributed by atoms with Crippen molar-refractivity contribution in [2.75, 3.05) is 0 Å². The predicted octanol–water partition coefficient (Wildman–Crippen LogP) is 4.34. The molecule has 0 atom stereocenters. The Labute approximate surface area is 121 Å². The van der Waals surface area contributed by atoms with Gasteiger partial charge < -0.3 is 5.73 Å². The number of nitriles is 1. The number of hydrogen-bond donors (Lipinski definition) is 1. The molecule has 0 fully saturated rings. The lowest BCUT2D eigenvalue weighted by Gasteiger charge is -2.07. The maximum Gasteiger partial charge on any atom is 0.102 e. The standard InChI is InChI=1S/C15H10Cl2N2/c16-12-6-11(7-13(17)8-12)15(19)14(9-18)10-4-2-1-3-5-10/h1-8H,19H2/b15-14-. The van der Waals surface area contributed by atoms with Crippen molar-refractivity contribution in [1.82, 2.24) is 0 Å². The summed E-state index contributed by atoms with van der Waals surface area (Å²) in [6, 6.07) is 16.4.